The van der Waals surface area contributed by atoms with Gasteiger partial charge in [-0.2, -0.15) is 0 Å². The monoisotopic (exact) mass is 288 g/mol. The molecular formula is C16H13FO2S. The minimum Gasteiger partial charge on any atom is -0.480 e. The van der Waals surface area contributed by atoms with Crippen molar-refractivity contribution in [2.75, 3.05) is 5.75 Å². The van der Waals surface area contributed by atoms with E-state index in [2.05, 4.69) is 0 Å². The third-order valence-corrected chi connectivity index (χ3v) is 4.25. The normalized spacial score (nSPS) is 17.2. The average Bonchev–Trinajstić information content (AvgIpc) is 2.45. The Kier molecular flexibility index (Phi) is 3.49. The summed E-state index contributed by atoms with van der Waals surface area (Å²) in [5.41, 5.74) is 1.10. The maximum Gasteiger partial charge on any atom is 0.204 e. The highest BCUT2D eigenvalue weighted by Crippen LogP contribution is 2.35. The van der Waals surface area contributed by atoms with E-state index in [1.807, 2.05) is 24.3 Å². The molecule has 1 aliphatic rings. The molecule has 0 saturated heterocycles. The number of halogens is 1. The van der Waals surface area contributed by atoms with Crippen LogP contribution in [0.3, 0.4) is 0 Å². The number of thioether (sulfide) groups is 1. The molecule has 2 aromatic carbocycles. The number of hydrogen-bond donors (Lipinski definition) is 0. The number of benzene rings is 2. The van der Waals surface area contributed by atoms with Crippen molar-refractivity contribution in [1.82, 2.24) is 0 Å². The van der Waals surface area contributed by atoms with Crippen LogP contribution >= 0.6 is 11.8 Å². The number of hydrogen-bond acceptors (Lipinski definition) is 3. The van der Waals surface area contributed by atoms with E-state index in [0.29, 0.717) is 11.3 Å². The van der Waals surface area contributed by atoms with Crippen molar-refractivity contribution in [3.05, 3.63) is 59.4 Å². The molecule has 102 valence electrons. The number of aryl methyl sites for hydroxylation is 1. The summed E-state index contributed by atoms with van der Waals surface area (Å²) in [6, 6.07) is 12.0. The highest BCUT2D eigenvalue weighted by molar-refractivity contribution is 7.99. The molecule has 1 unspecified atom stereocenters. The topological polar surface area (TPSA) is 26.3 Å². The number of ether oxygens (including phenoxy) is 1. The second-order valence-corrected chi connectivity index (χ2v) is 5.81. The van der Waals surface area contributed by atoms with Gasteiger partial charge in [0.2, 0.25) is 5.78 Å². The third-order valence-electron chi connectivity index (χ3n) is 3.13. The fraction of sp³-hybridized carbons (Fsp3) is 0.188. The predicted molar refractivity (Wildman–Crippen MR) is 77.0 cm³/mol. The molecule has 20 heavy (non-hydrogen) atoms. The molecule has 2 aromatic rings. The fourth-order valence-electron chi connectivity index (χ4n) is 2.21. The zero-order valence-corrected chi connectivity index (χ0v) is 11.7. The number of carbonyl (C=O) groups excluding carboxylic acids is 1. The van der Waals surface area contributed by atoms with E-state index < -0.39 is 11.9 Å². The van der Waals surface area contributed by atoms with Gasteiger partial charge >= 0.3 is 0 Å². The number of fused-ring (bicyclic) bond motifs is 1. The molecule has 0 fully saturated rings. The van der Waals surface area contributed by atoms with Crippen LogP contribution in [0.15, 0.2) is 47.4 Å². The molecule has 1 aliphatic heterocycles. The van der Waals surface area contributed by atoms with E-state index in [1.165, 1.54) is 12.1 Å². The first-order chi connectivity index (χ1) is 9.63. The van der Waals surface area contributed by atoms with E-state index in [9.17, 15) is 9.18 Å². The number of Topliss-reactive ketones (excluding diaryl/α,β-unsaturated/α-hetero) is 1. The summed E-state index contributed by atoms with van der Waals surface area (Å²) in [6.07, 6.45) is -0.559. The van der Waals surface area contributed by atoms with E-state index in [0.717, 1.165) is 16.2 Å². The lowest BCUT2D eigenvalue weighted by atomic mass is 10.0. The molecule has 0 aromatic heterocycles. The highest BCUT2D eigenvalue weighted by atomic mass is 32.2. The summed E-state index contributed by atoms with van der Waals surface area (Å²) in [7, 11) is 0. The molecule has 1 heterocycles. The first-order valence-corrected chi connectivity index (χ1v) is 7.32. The lowest BCUT2D eigenvalue weighted by Gasteiger charge is -2.24. The van der Waals surface area contributed by atoms with Crippen LogP contribution in [0.2, 0.25) is 0 Å². The van der Waals surface area contributed by atoms with Gasteiger partial charge in [-0.1, -0.05) is 12.1 Å². The Morgan fingerprint density at radius 2 is 2.10 bits per heavy atom. The van der Waals surface area contributed by atoms with Gasteiger partial charge in [-0.05, 0) is 42.8 Å². The fourth-order valence-corrected chi connectivity index (χ4v) is 3.20. The number of carbonyl (C=O) groups is 1. The van der Waals surface area contributed by atoms with Crippen LogP contribution in [0.1, 0.15) is 15.9 Å². The van der Waals surface area contributed by atoms with Crippen molar-refractivity contribution in [1.29, 1.82) is 0 Å². The Morgan fingerprint density at radius 3 is 2.90 bits per heavy atom. The zero-order valence-electron chi connectivity index (χ0n) is 10.9. The Hall–Kier alpha value is -1.81. The van der Waals surface area contributed by atoms with Crippen LogP contribution in [-0.4, -0.2) is 17.6 Å². The molecular weight excluding hydrogens is 275 g/mol. The van der Waals surface area contributed by atoms with Gasteiger partial charge in [0, 0.05) is 16.2 Å². The number of ketones is 1. The first kappa shape index (κ1) is 13.2. The van der Waals surface area contributed by atoms with Crippen molar-refractivity contribution in [3.8, 4) is 5.75 Å². The summed E-state index contributed by atoms with van der Waals surface area (Å²) < 4.78 is 19.1. The Morgan fingerprint density at radius 1 is 1.30 bits per heavy atom. The molecule has 2 nitrogen and oxygen atoms in total. The Bertz CT molecular complexity index is 649. The molecule has 0 N–H and O–H groups in total. The van der Waals surface area contributed by atoms with E-state index in [-0.39, 0.29) is 5.78 Å². The van der Waals surface area contributed by atoms with Gasteiger partial charge in [0.05, 0.1) is 0 Å². The smallest absolute Gasteiger partial charge is 0.204 e. The average molecular weight is 288 g/mol. The summed E-state index contributed by atoms with van der Waals surface area (Å²) in [5.74, 6) is 0.702. The van der Waals surface area contributed by atoms with Gasteiger partial charge in [-0.15, -0.1) is 11.8 Å². The van der Waals surface area contributed by atoms with Crippen molar-refractivity contribution in [2.45, 2.75) is 17.9 Å². The van der Waals surface area contributed by atoms with Gasteiger partial charge < -0.3 is 4.74 Å². The van der Waals surface area contributed by atoms with Crippen LogP contribution in [0.25, 0.3) is 0 Å². The second kappa shape index (κ2) is 5.29. The summed E-state index contributed by atoms with van der Waals surface area (Å²) in [6.45, 7) is 1.77. The van der Waals surface area contributed by atoms with Gasteiger partial charge in [0.1, 0.15) is 11.6 Å². The minimum atomic E-state index is -0.559. The van der Waals surface area contributed by atoms with E-state index in [1.54, 1.807) is 24.8 Å². The Labute approximate surface area is 121 Å². The van der Waals surface area contributed by atoms with Crippen LogP contribution in [0.5, 0.6) is 5.75 Å². The van der Waals surface area contributed by atoms with Gasteiger partial charge in [0.15, 0.2) is 6.10 Å². The van der Waals surface area contributed by atoms with Crippen molar-refractivity contribution in [3.63, 3.8) is 0 Å². The molecule has 1 atom stereocenters. The Balaban J connectivity index is 1.86. The SMILES string of the molecule is Cc1cc(F)cc(C(=O)C2CSc3ccccc3O2)c1. The lowest BCUT2D eigenvalue weighted by Crippen LogP contribution is -2.32. The van der Waals surface area contributed by atoms with E-state index >= 15 is 0 Å². The minimum absolute atomic E-state index is 0.172. The molecule has 0 spiro atoms. The summed E-state index contributed by atoms with van der Waals surface area (Å²) >= 11 is 1.59. The quantitative estimate of drug-likeness (QED) is 0.785. The van der Waals surface area contributed by atoms with Crippen LogP contribution in [-0.2, 0) is 0 Å². The highest BCUT2D eigenvalue weighted by Gasteiger charge is 2.27. The van der Waals surface area contributed by atoms with Gasteiger partial charge in [0.25, 0.3) is 0 Å². The largest absolute Gasteiger partial charge is 0.480 e. The molecule has 0 radical (unpaired) electrons. The summed E-state index contributed by atoms with van der Waals surface area (Å²) in [5, 5.41) is 0. The zero-order chi connectivity index (χ0) is 14.1. The van der Waals surface area contributed by atoms with Crippen molar-refractivity contribution < 1.29 is 13.9 Å². The predicted octanol–water partition coefficient (Wildman–Crippen LogP) is 3.87. The summed E-state index contributed by atoms with van der Waals surface area (Å²) in [4.78, 5) is 13.4. The molecule has 0 saturated carbocycles. The number of para-hydroxylation sites is 1. The number of rotatable bonds is 2. The van der Waals surface area contributed by atoms with Crippen LogP contribution in [0, 0.1) is 12.7 Å². The van der Waals surface area contributed by atoms with Gasteiger partial charge in [-0.3, -0.25) is 4.79 Å². The molecule has 0 aliphatic carbocycles. The third kappa shape index (κ3) is 2.56. The van der Waals surface area contributed by atoms with Crippen molar-refractivity contribution >= 4 is 17.5 Å². The molecule has 0 amide bonds. The van der Waals surface area contributed by atoms with E-state index in [4.69, 9.17) is 4.74 Å². The maximum absolute atomic E-state index is 13.4. The molecule has 3 rings (SSSR count). The van der Waals surface area contributed by atoms with Gasteiger partial charge in [-0.25, -0.2) is 4.39 Å². The van der Waals surface area contributed by atoms with Crippen molar-refractivity contribution in [2.24, 2.45) is 0 Å². The second-order valence-electron chi connectivity index (χ2n) is 4.75. The maximum atomic E-state index is 13.4. The first-order valence-electron chi connectivity index (χ1n) is 6.33. The molecule has 4 heteroatoms. The van der Waals surface area contributed by atoms with Crippen LogP contribution in [0.4, 0.5) is 4.39 Å². The van der Waals surface area contributed by atoms with Crippen LogP contribution < -0.4 is 4.74 Å². The standard InChI is InChI=1S/C16H13FO2S/c1-10-6-11(8-12(17)7-10)16(18)14-9-20-15-5-3-2-4-13(15)19-14/h2-8,14H,9H2,1H3. The lowest BCUT2D eigenvalue weighted by molar-refractivity contribution is 0.0814. The molecule has 0 bridgehead atoms.